The maximum atomic E-state index is 12.7. The van der Waals surface area contributed by atoms with Gasteiger partial charge in [-0.1, -0.05) is 65.9 Å². The van der Waals surface area contributed by atoms with Gasteiger partial charge in [-0.05, 0) is 28.5 Å². The Kier molecular flexibility index (Phi) is 2.81. The van der Waals surface area contributed by atoms with Crippen molar-refractivity contribution in [1.29, 1.82) is 0 Å². The Labute approximate surface area is 141 Å². The molecule has 0 radical (unpaired) electrons. The summed E-state index contributed by atoms with van der Waals surface area (Å²) in [6.07, 6.45) is 0. The average Bonchev–Trinajstić information content (AvgIpc) is 3.00. The largest absolute Gasteiger partial charge is 0.269 e. The molecule has 0 saturated carbocycles. The number of aromatic nitrogens is 2. The normalized spacial score (nSPS) is 11.5. The van der Waals surface area contributed by atoms with Gasteiger partial charge in [0, 0.05) is 10.9 Å². The third-order valence-electron chi connectivity index (χ3n) is 4.26. The van der Waals surface area contributed by atoms with Gasteiger partial charge in [0.15, 0.2) is 4.96 Å². The van der Waals surface area contributed by atoms with Gasteiger partial charge in [0.2, 0.25) is 0 Å². The zero-order valence-electron chi connectivity index (χ0n) is 12.6. The zero-order chi connectivity index (χ0) is 16.1. The van der Waals surface area contributed by atoms with E-state index in [2.05, 4.69) is 29.2 Å². The summed E-state index contributed by atoms with van der Waals surface area (Å²) in [5.41, 5.74) is 2.74. The highest BCUT2D eigenvalue weighted by molar-refractivity contribution is 7.20. The molecule has 5 aromatic rings. The molecule has 5 rings (SSSR count). The molecular formula is C20H12N2OS. The Balaban J connectivity index is 1.87. The number of hydrogen-bond donors (Lipinski definition) is 0. The standard InChI is InChI=1S/C20H12N2OS/c23-19-12-18(15-9-5-7-13-6-1-2-8-14(13)15)24-20-21-16-10-3-4-11-17(16)22(19)20/h1-12H. The lowest BCUT2D eigenvalue weighted by Crippen LogP contribution is -2.09. The number of rotatable bonds is 1. The topological polar surface area (TPSA) is 34.4 Å². The molecule has 0 bridgehead atoms. The van der Waals surface area contributed by atoms with Crippen molar-refractivity contribution in [3.05, 3.63) is 83.2 Å². The Morgan fingerprint density at radius 1 is 0.875 bits per heavy atom. The maximum absolute atomic E-state index is 12.7. The van der Waals surface area contributed by atoms with Crippen LogP contribution in [0.25, 0.3) is 37.2 Å². The van der Waals surface area contributed by atoms with Crippen molar-refractivity contribution in [1.82, 2.24) is 9.38 Å². The number of nitrogens with zero attached hydrogens (tertiary/aromatic N) is 2. The lowest BCUT2D eigenvalue weighted by atomic mass is 10.0. The van der Waals surface area contributed by atoms with Crippen molar-refractivity contribution < 1.29 is 0 Å². The minimum Gasteiger partial charge on any atom is -0.269 e. The van der Waals surface area contributed by atoms with Gasteiger partial charge in [-0.3, -0.25) is 9.20 Å². The number of hydrogen-bond acceptors (Lipinski definition) is 3. The lowest BCUT2D eigenvalue weighted by Gasteiger charge is -2.06. The third kappa shape index (κ3) is 1.90. The van der Waals surface area contributed by atoms with Gasteiger partial charge in [-0.15, -0.1) is 0 Å². The number of imidazole rings is 1. The van der Waals surface area contributed by atoms with Gasteiger partial charge in [-0.25, -0.2) is 4.98 Å². The molecule has 0 saturated heterocycles. The molecule has 0 fully saturated rings. The van der Waals surface area contributed by atoms with Gasteiger partial charge < -0.3 is 0 Å². The molecule has 0 unspecified atom stereocenters. The summed E-state index contributed by atoms with van der Waals surface area (Å²) in [5, 5.41) is 2.32. The smallest absolute Gasteiger partial charge is 0.258 e. The van der Waals surface area contributed by atoms with E-state index in [-0.39, 0.29) is 5.56 Å². The number of benzene rings is 3. The highest BCUT2D eigenvalue weighted by Crippen LogP contribution is 2.32. The molecule has 0 amide bonds. The molecule has 3 nitrogen and oxygen atoms in total. The SMILES string of the molecule is O=c1cc(-c2cccc3ccccc23)sc2nc3ccccc3n12. The van der Waals surface area contributed by atoms with Crippen LogP contribution >= 0.6 is 11.3 Å². The fourth-order valence-electron chi connectivity index (χ4n) is 3.16. The molecule has 0 aliphatic heterocycles. The molecule has 0 aliphatic carbocycles. The third-order valence-corrected chi connectivity index (χ3v) is 5.28. The van der Waals surface area contributed by atoms with Gasteiger partial charge in [-0.2, -0.15) is 0 Å². The zero-order valence-corrected chi connectivity index (χ0v) is 13.5. The van der Waals surface area contributed by atoms with Crippen LogP contribution in [-0.2, 0) is 0 Å². The van der Waals surface area contributed by atoms with Crippen molar-refractivity contribution in [2.24, 2.45) is 0 Å². The molecular weight excluding hydrogens is 316 g/mol. The highest BCUT2D eigenvalue weighted by Gasteiger charge is 2.11. The predicted molar refractivity (Wildman–Crippen MR) is 99.8 cm³/mol. The van der Waals surface area contributed by atoms with E-state index in [1.54, 1.807) is 21.8 Å². The first kappa shape index (κ1) is 13.5. The van der Waals surface area contributed by atoms with Crippen LogP contribution in [0, 0.1) is 0 Å². The van der Waals surface area contributed by atoms with E-state index in [1.807, 2.05) is 42.5 Å². The second kappa shape index (κ2) is 5.01. The second-order valence-electron chi connectivity index (χ2n) is 5.69. The molecule has 2 heterocycles. The van der Waals surface area contributed by atoms with Gasteiger partial charge in [0.25, 0.3) is 5.56 Å². The molecule has 2 aromatic heterocycles. The van der Waals surface area contributed by atoms with E-state index >= 15 is 0 Å². The quantitative estimate of drug-likeness (QED) is 0.446. The van der Waals surface area contributed by atoms with Crippen LogP contribution in [0.5, 0.6) is 0 Å². The summed E-state index contributed by atoms with van der Waals surface area (Å²) < 4.78 is 1.69. The monoisotopic (exact) mass is 328 g/mol. The van der Waals surface area contributed by atoms with Crippen LogP contribution in [0.15, 0.2) is 77.6 Å². The average molecular weight is 328 g/mol. The first-order valence-corrected chi connectivity index (χ1v) is 8.52. The van der Waals surface area contributed by atoms with Crippen LogP contribution in [0.3, 0.4) is 0 Å². The second-order valence-corrected chi connectivity index (χ2v) is 6.70. The van der Waals surface area contributed by atoms with Crippen LogP contribution in [-0.4, -0.2) is 9.38 Å². The molecule has 4 heteroatoms. The van der Waals surface area contributed by atoms with Gasteiger partial charge in [0.1, 0.15) is 0 Å². The summed E-state index contributed by atoms with van der Waals surface area (Å²) in [7, 11) is 0. The van der Waals surface area contributed by atoms with E-state index in [1.165, 1.54) is 5.39 Å². The molecule has 0 N–H and O–H groups in total. The highest BCUT2D eigenvalue weighted by atomic mass is 32.1. The Morgan fingerprint density at radius 3 is 2.62 bits per heavy atom. The van der Waals surface area contributed by atoms with Gasteiger partial charge in [0.05, 0.1) is 11.0 Å². The minimum absolute atomic E-state index is 0.0413. The predicted octanol–water partition coefficient (Wildman–Crippen LogP) is 4.73. The van der Waals surface area contributed by atoms with Crippen molar-refractivity contribution >= 4 is 38.1 Å². The molecule has 0 atom stereocenters. The molecule has 0 aliphatic rings. The van der Waals surface area contributed by atoms with E-state index in [0.717, 1.165) is 31.8 Å². The molecule has 3 aromatic carbocycles. The number of fused-ring (bicyclic) bond motifs is 4. The Hall–Kier alpha value is -2.98. The summed E-state index contributed by atoms with van der Waals surface area (Å²) in [5.74, 6) is 0. The number of para-hydroxylation sites is 2. The van der Waals surface area contributed by atoms with Crippen LogP contribution in [0.2, 0.25) is 0 Å². The van der Waals surface area contributed by atoms with Crippen molar-refractivity contribution in [3.63, 3.8) is 0 Å². The van der Waals surface area contributed by atoms with E-state index < -0.39 is 0 Å². The molecule has 0 spiro atoms. The van der Waals surface area contributed by atoms with E-state index in [9.17, 15) is 4.79 Å². The first-order chi connectivity index (χ1) is 11.8. The molecule has 114 valence electrons. The Bertz CT molecular complexity index is 1280. The van der Waals surface area contributed by atoms with E-state index in [4.69, 9.17) is 0 Å². The summed E-state index contributed by atoms with van der Waals surface area (Å²) in [4.78, 5) is 19.0. The van der Waals surface area contributed by atoms with Crippen molar-refractivity contribution in [2.75, 3.05) is 0 Å². The fourth-order valence-corrected chi connectivity index (χ4v) is 4.23. The summed E-state index contributed by atoms with van der Waals surface area (Å²) in [6, 6.07) is 23.9. The maximum Gasteiger partial charge on any atom is 0.258 e. The van der Waals surface area contributed by atoms with Crippen LogP contribution in [0.1, 0.15) is 0 Å². The van der Waals surface area contributed by atoms with E-state index in [0.29, 0.717) is 0 Å². The fraction of sp³-hybridized carbons (Fsp3) is 0. The lowest BCUT2D eigenvalue weighted by molar-refractivity contribution is 1.18. The van der Waals surface area contributed by atoms with Crippen molar-refractivity contribution in [3.8, 4) is 10.4 Å². The summed E-state index contributed by atoms with van der Waals surface area (Å²) in [6.45, 7) is 0. The van der Waals surface area contributed by atoms with Crippen molar-refractivity contribution in [2.45, 2.75) is 0 Å². The minimum atomic E-state index is -0.0413. The van der Waals surface area contributed by atoms with Crippen LogP contribution in [0.4, 0.5) is 0 Å². The Morgan fingerprint density at radius 2 is 1.67 bits per heavy atom. The molecule has 24 heavy (non-hydrogen) atoms. The van der Waals surface area contributed by atoms with Crippen LogP contribution < -0.4 is 5.56 Å². The first-order valence-electron chi connectivity index (χ1n) is 7.71. The van der Waals surface area contributed by atoms with Gasteiger partial charge >= 0.3 is 0 Å². The summed E-state index contributed by atoms with van der Waals surface area (Å²) >= 11 is 1.55.